The second-order valence-corrected chi connectivity index (χ2v) is 4.70. The molecular formula is C11H21N3O. The minimum atomic E-state index is -0.211. The number of piperazine rings is 1. The van der Waals surface area contributed by atoms with Crippen LogP contribution in [0.3, 0.4) is 0 Å². The van der Waals surface area contributed by atoms with E-state index in [1.165, 1.54) is 0 Å². The largest absolute Gasteiger partial charge is 0.343 e. The summed E-state index contributed by atoms with van der Waals surface area (Å²) in [6.07, 6.45) is 1.82. The van der Waals surface area contributed by atoms with Crippen molar-refractivity contribution >= 4 is 5.91 Å². The number of carbonyl (C=O) groups excluding carboxylic acids is 1. The monoisotopic (exact) mass is 211 g/mol. The highest BCUT2D eigenvalue weighted by atomic mass is 16.2. The normalized spacial score (nSPS) is 26.8. The van der Waals surface area contributed by atoms with Crippen molar-refractivity contribution in [2.75, 3.05) is 26.7 Å². The van der Waals surface area contributed by atoms with Crippen LogP contribution < -0.4 is 5.73 Å². The van der Waals surface area contributed by atoms with Crippen LogP contribution in [0.15, 0.2) is 12.7 Å². The van der Waals surface area contributed by atoms with Crippen LogP contribution in [0.4, 0.5) is 0 Å². The molecule has 86 valence electrons. The predicted octanol–water partition coefficient (Wildman–Crippen LogP) is 0.0523. The topological polar surface area (TPSA) is 49.6 Å². The van der Waals surface area contributed by atoms with Gasteiger partial charge in [0.1, 0.15) is 6.04 Å². The summed E-state index contributed by atoms with van der Waals surface area (Å²) in [4.78, 5) is 15.8. The number of carbonyl (C=O) groups is 1. The first-order valence-corrected chi connectivity index (χ1v) is 5.26. The van der Waals surface area contributed by atoms with Crippen LogP contribution in [0.5, 0.6) is 0 Å². The molecule has 4 heteroatoms. The number of nitrogens with zero attached hydrogens (tertiary/aromatic N) is 2. The van der Waals surface area contributed by atoms with Crippen LogP contribution in [0.25, 0.3) is 0 Å². The summed E-state index contributed by atoms with van der Waals surface area (Å²) in [6, 6.07) is -0.211. The maximum absolute atomic E-state index is 11.9. The molecule has 0 aromatic carbocycles. The Hall–Kier alpha value is -0.870. The van der Waals surface area contributed by atoms with Crippen LogP contribution in [-0.2, 0) is 4.79 Å². The quantitative estimate of drug-likeness (QED) is 0.671. The molecule has 0 radical (unpaired) electrons. The van der Waals surface area contributed by atoms with Crippen molar-refractivity contribution in [3.8, 4) is 0 Å². The maximum atomic E-state index is 11.9. The van der Waals surface area contributed by atoms with E-state index in [2.05, 4.69) is 25.3 Å². The van der Waals surface area contributed by atoms with E-state index >= 15 is 0 Å². The summed E-state index contributed by atoms with van der Waals surface area (Å²) in [5, 5.41) is 0. The lowest BCUT2D eigenvalue weighted by Crippen LogP contribution is -2.67. The number of hydrogen-bond acceptors (Lipinski definition) is 3. The number of nitrogens with two attached hydrogens (primary N) is 1. The van der Waals surface area contributed by atoms with Gasteiger partial charge in [-0.2, -0.15) is 0 Å². The van der Waals surface area contributed by atoms with Gasteiger partial charge in [0.2, 0.25) is 5.91 Å². The third kappa shape index (κ3) is 2.21. The van der Waals surface area contributed by atoms with Gasteiger partial charge in [-0.1, -0.05) is 6.08 Å². The van der Waals surface area contributed by atoms with Crippen LogP contribution in [0.1, 0.15) is 13.8 Å². The molecule has 1 aliphatic heterocycles. The average Bonchev–Trinajstić information content (AvgIpc) is 2.14. The number of rotatable bonds is 3. The molecule has 1 fully saturated rings. The first-order valence-electron chi connectivity index (χ1n) is 5.26. The second-order valence-electron chi connectivity index (χ2n) is 4.70. The Balaban J connectivity index is 2.95. The molecule has 0 aliphatic carbocycles. The average molecular weight is 211 g/mol. The Morgan fingerprint density at radius 3 is 2.73 bits per heavy atom. The number of hydrogen-bond donors (Lipinski definition) is 1. The minimum absolute atomic E-state index is 0.0408. The van der Waals surface area contributed by atoms with E-state index in [4.69, 9.17) is 5.73 Å². The van der Waals surface area contributed by atoms with Crippen molar-refractivity contribution in [3.63, 3.8) is 0 Å². The Morgan fingerprint density at radius 2 is 2.27 bits per heavy atom. The van der Waals surface area contributed by atoms with Gasteiger partial charge in [-0.25, -0.2) is 0 Å². The summed E-state index contributed by atoms with van der Waals surface area (Å²) in [5.74, 6) is 0.110. The number of amides is 1. The van der Waals surface area contributed by atoms with E-state index in [9.17, 15) is 4.79 Å². The van der Waals surface area contributed by atoms with E-state index in [1.807, 2.05) is 13.1 Å². The molecule has 0 aromatic rings. The fourth-order valence-corrected chi connectivity index (χ4v) is 2.30. The molecule has 1 heterocycles. The lowest BCUT2D eigenvalue weighted by atomic mass is 9.94. The molecule has 15 heavy (non-hydrogen) atoms. The van der Waals surface area contributed by atoms with Gasteiger partial charge in [-0.05, 0) is 13.8 Å². The van der Waals surface area contributed by atoms with Crippen LogP contribution in [0.2, 0.25) is 0 Å². The zero-order valence-corrected chi connectivity index (χ0v) is 9.86. The zero-order chi connectivity index (χ0) is 11.6. The molecule has 0 saturated carbocycles. The molecule has 1 unspecified atom stereocenters. The van der Waals surface area contributed by atoms with Crippen LogP contribution >= 0.6 is 0 Å². The molecule has 1 amide bonds. The van der Waals surface area contributed by atoms with E-state index in [1.54, 1.807) is 4.90 Å². The Labute approximate surface area is 91.7 Å². The summed E-state index contributed by atoms with van der Waals surface area (Å²) >= 11 is 0. The highest BCUT2D eigenvalue weighted by molar-refractivity contribution is 5.83. The van der Waals surface area contributed by atoms with Crippen molar-refractivity contribution in [3.05, 3.63) is 12.7 Å². The molecule has 0 bridgehead atoms. The molecule has 0 aromatic heterocycles. The van der Waals surface area contributed by atoms with E-state index in [0.29, 0.717) is 13.1 Å². The van der Waals surface area contributed by atoms with Crippen LogP contribution in [0, 0.1) is 0 Å². The van der Waals surface area contributed by atoms with Crippen LogP contribution in [-0.4, -0.2) is 54.0 Å². The molecule has 1 saturated heterocycles. The van der Waals surface area contributed by atoms with Gasteiger partial charge in [0.15, 0.2) is 0 Å². The fourth-order valence-electron chi connectivity index (χ4n) is 2.30. The van der Waals surface area contributed by atoms with Crippen molar-refractivity contribution < 1.29 is 4.79 Å². The predicted molar refractivity (Wildman–Crippen MR) is 61.5 cm³/mol. The first-order chi connectivity index (χ1) is 6.94. The molecule has 1 atom stereocenters. The standard InChI is InChI=1S/C11H21N3O/c1-5-6-14-9(7-12)10(15)13(4)8-11(14,2)3/h5,9H,1,6-8,12H2,2-4H3. The second kappa shape index (κ2) is 4.33. The Bertz CT molecular complexity index is 263. The Morgan fingerprint density at radius 1 is 1.67 bits per heavy atom. The Kier molecular flexibility index (Phi) is 3.52. The highest BCUT2D eigenvalue weighted by Crippen LogP contribution is 2.24. The van der Waals surface area contributed by atoms with Crippen molar-refractivity contribution in [1.29, 1.82) is 0 Å². The summed E-state index contributed by atoms with van der Waals surface area (Å²) in [6.45, 7) is 9.78. The van der Waals surface area contributed by atoms with Crippen molar-refractivity contribution in [1.82, 2.24) is 9.80 Å². The third-order valence-electron chi connectivity index (χ3n) is 2.99. The molecular weight excluding hydrogens is 190 g/mol. The van der Waals surface area contributed by atoms with E-state index in [0.717, 1.165) is 6.54 Å². The van der Waals surface area contributed by atoms with E-state index < -0.39 is 0 Å². The van der Waals surface area contributed by atoms with Gasteiger partial charge >= 0.3 is 0 Å². The lowest BCUT2D eigenvalue weighted by Gasteiger charge is -2.49. The molecule has 1 rings (SSSR count). The fraction of sp³-hybridized carbons (Fsp3) is 0.727. The molecule has 4 nitrogen and oxygen atoms in total. The lowest BCUT2D eigenvalue weighted by molar-refractivity contribution is -0.146. The third-order valence-corrected chi connectivity index (χ3v) is 2.99. The minimum Gasteiger partial charge on any atom is -0.343 e. The molecule has 2 N–H and O–H groups in total. The van der Waals surface area contributed by atoms with E-state index in [-0.39, 0.29) is 17.5 Å². The van der Waals surface area contributed by atoms with Gasteiger partial charge in [0.25, 0.3) is 0 Å². The summed E-state index contributed by atoms with van der Waals surface area (Å²) < 4.78 is 0. The van der Waals surface area contributed by atoms with Crippen molar-refractivity contribution in [2.45, 2.75) is 25.4 Å². The summed E-state index contributed by atoms with van der Waals surface area (Å²) in [7, 11) is 1.83. The van der Waals surface area contributed by atoms with Gasteiger partial charge in [0.05, 0.1) is 0 Å². The SMILES string of the molecule is C=CCN1C(CN)C(=O)N(C)CC1(C)C. The van der Waals surface area contributed by atoms with Gasteiger partial charge < -0.3 is 10.6 Å². The van der Waals surface area contributed by atoms with Crippen molar-refractivity contribution in [2.24, 2.45) is 5.73 Å². The smallest absolute Gasteiger partial charge is 0.241 e. The first kappa shape index (κ1) is 12.2. The summed E-state index contributed by atoms with van der Waals surface area (Å²) in [5.41, 5.74) is 5.63. The molecule has 1 aliphatic rings. The maximum Gasteiger partial charge on any atom is 0.241 e. The number of likely N-dealkylation sites (N-methyl/N-ethyl adjacent to an activating group) is 1. The molecule has 0 spiro atoms. The zero-order valence-electron chi connectivity index (χ0n) is 9.86. The van der Waals surface area contributed by atoms with Gasteiger partial charge in [-0.3, -0.25) is 9.69 Å². The van der Waals surface area contributed by atoms with Gasteiger partial charge in [-0.15, -0.1) is 6.58 Å². The van der Waals surface area contributed by atoms with Gasteiger partial charge in [0, 0.05) is 32.2 Å². The highest BCUT2D eigenvalue weighted by Gasteiger charge is 2.42.